The minimum Gasteiger partial charge on any atom is -0.339 e. The van der Waals surface area contributed by atoms with Crippen molar-refractivity contribution in [3.8, 4) is 11.1 Å². The van der Waals surface area contributed by atoms with Crippen molar-refractivity contribution < 1.29 is 14.0 Å². The number of carbonyl (C=O) groups is 2. The summed E-state index contributed by atoms with van der Waals surface area (Å²) in [5.74, 6) is -0.0835. The van der Waals surface area contributed by atoms with E-state index >= 15 is 0 Å². The number of nitrogens with zero attached hydrogens (tertiary/aromatic N) is 5. The first-order valence-electron chi connectivity index (χ1n) is 16.1. The number of pyridine rings is 1. The molecule has 0 atom stereocenters. The number of carbonyl (C=O) groups excluding carboxylic acids is 2. The van der Waals surface area contributed by atoms with Crippen molar-refractivity contribution in [2.45, 2.75) is 64.5 Å². The van der Waals surface area contributed by atoms with Gasteiger partial charge >= 0.3 is 0 Å². The lowest BCUT2D eigenvalue weighted by atomic mass is 9.83. The maximum absolute atomic E-state index is 14.5. The van der Waals surface area contributed by atoms with Gasteiger partial charge < -0.3 is 9.80 Å². The zero-order chi connectivity index (χ0) is 31.1. The second kappa shape index (κ2) is 14.9. The van der Waals surface area contributed by atoms with Crippen LogP contribution in [0, 0.1) is 11.7 Å². The number of hydrogen-bond acceptors (Lipinski definition) is 5. The zero-order valence-corrected chi connectivity index (χ0v) is 26.4. The van der Waals surface area contributed by atoms with Crippen LogP contribution < -0.4 is 4.90 Å². The average Bonchev–Trinajstić information content (AvgIpc) is 3.25. The molecule has 0 N–H and O–H groups in total. The highest BCUT2D eigenvalue weighted by atomic mass is 19.1. The molecular formula is C36H46FN5O2. The Labute approximate surface area is 261 Å². The Hall–Kier alpha value is -3.62. The summed E-state index contributed by atoms with van der Waals surface area (Å²) in [5, 5.41) is 0. The Morgan fingerprint density at radius 1 is 1.00 bits per heavy atom. The van der Waals surface area contributed by atoms with E-state index < -0.39 is 5.82 Å². The van der Waals surface area contributed by atoms with Gasteiger partial charge in [-0.1, -0.05) is 56.2 Å². The standard InChI is InChI=1S/C36H46FN5O2/c1-4-7-27-12-16-32(17-13-27)40(3)36(44)34-23-31(37)24-38-35(34)42(26-43)33-9-5-8-30(22-33)29-14-10-28(11-15-29)25-41-19-6-18-39(2)20-21-41/h5,8-11,14-15,22-24,26-27,32H,4,6-7,12-13,16-21,25H2,1-3H3. The Bertz CT molecular complexity index is 1410. The molecule has 1 aromatic heterocycles. The average molecular weight is 600 g/mol. The van der Waals surface area contributed by atoms with Crippen molar-refractivity contribution in [3.05, 3.63) is 77.7 Å². The lowest BCUT2D eigenvalue weighted by Gasteiger charge is -2.35. The molecule has 3 aromatic rings. The van der Waals surface area contributed by atoms with Crippen LogP contribution in [-0.2, 0) is 11.3 Å². The summed E-state index contributed by atoms with van der Waals surface area (Å²) >= 11 is 0. The number of benzene rings is 2. The first-order chi connectivity index (χ1) is 21.4. The summed E-state index contributed by atoms with van der Waals surface area (Å²) in [6.45, 7) is 7.54. The van der Waals surface area contributed by atoms with Crippen molar-refractivity contribution in [1.82, 2.24) is 19.7 Å². The van der Waals surface area contributed by atoms with Gasteiger partial charge in [-0.05, 0) is 93.0 Å². The van der Waals surface area contributed by atoms with E-state index in [2.05, 4.69) is 53.0 Å². The van der Waals surface area contributed by atoms with Crippen LogP contribution in [0.3, 0.4) is 0 Å². The zero-order valence-electron chi connectivity index (χ0n) is 26.4. The van der Waals surface area contributed by atoms with Gasteiger partial charge in [0, 0.05) is 32.7 Å². The Morgan fingerprint density at radius 2 is 1.77 bits per heavy atom. The molecule has 2 aliphatic rings. The summed E-state index contributed by atoms with van der Waals surface area (Å²) in [5.41, 5.74) is 3.88. The van der Waals surface area contributed by atoms with Crippen molar-refractivity contribution in [1.29, 1.82) is 0 Å². The third-order valence-corrected chi connectivity index (χ3v) is 9.41. The molecule has 0 bridgehead atoms. The summed E-state index contributed by atoms with van der Waals surface area (Å²) < 4.78 is 14.5. The molecular weight excluding hydrogens is 553 g/mol. The Morgan fingerprint density at radius 3 is 2.50 bits per heavy atom. The highest BCUT2D eigenvalue weighted by Crippen LogP contribution is 2.33. The molecule has 0 spiro atoms. The number of halogens is 1. The van der Waals surface area contributed by atoms with Gasteiger partial charge in [-0.3, -0.25) is 19.4 Å². The highest BCUT2D eigenvalue weighted by Gasteiger charge is 2.30. The van der Waals surface area contributed by atoms with E-state index in [-0.39, 0.29) is 23.3 Å². The van der Waals surface area contributed by atoms with Crippen LogP contribution in [-0.4, -0.2) is 78.3 Å². The first-order valence-corrected chi connectivity index (χ1v) is 16.1. The van der Waals surface area contributed by atoms with Gasteiger partial charge in [-0.25, -0.2) is 9.37 Å². The van der Waals surface area contributed by atoms with Crippen LogP contribution >= 0.6 is 0 Å². The fraction of sp³-hybridized carbons (Fsp3) is 0.472. The first kappa shape index (κ1) is 31.8. The van der Waals surface area contributed by atoms with E-state index in [4.69, 9.17) is 0 Å². The van der Waals surface area contributed by atoms with Crippen molar-refractivity contribution in [2.75, 3.05) is 45.2 Å². The topological polar surface area (TPSA) is 60.0 Å². The van der Waals surface area contributed by atoms with E-state index in [0.29, 0.717) is 18.0 Å². The van der Waals surface area contributed by atoms with Crippen LogP contribution in [0.2, 0.25) is 0 Å². The maximum atomic E-state index is 14.5. The van der Waals surface area contributed by atoms with Gasteiger partial charge in [0.25, 0.3) is 5.91 Å². The molecule has 0 unspecified atom stereocenters. The largest absolute Gasteiger partial charge is 0.339 e. The summed E-state index contributed by atoms with van der Waals surface area (Å²) in [6, 6.07) is 17.4. The molecule has 44 heavy (non-hydrogen) atoms. The van der Waals surface area contributed by atoms with Gasteiger partial charge in [-0.15, -0.1) is 0 Å². The molecule has 5 rings (SSSR count). The molecule has 1 saturated heterocycles. The predicted octanol–water partition coefficient (Wildman–Crippen LogP) is 6.75. The molecule has 1 saturated carbocycles. The third-order valence-electron chi connectivity index (χ3n) is 9.41. The van der Waals surface area contributed by atoms with Gasteiger partial charge in [0.05, 0.1) is 17.4 Å². The fourth-order valence-electron chi connectivity index (χ4n) is 6.75. The predicted molar refractivity (Wildman–Crippen MR) is 174 cm³/mol. The van der Waals surface area contributed by atoms with E-state index in [9.17, 15) is 14.0 Å². The van der Waals surface area contributed by atoms with Crippen molar-refractivity contribution in [3.63, 3.8) is 0 Å². The van der Waals surface area contributed by atoms with E-state index in [0.717, 1.165) is 75.7 Å². The van der Waals surface area contributed by atoms with E-state index in [1.807, 2.05) is 18.2 Å². The number of aromatic nitrogens is 1. The van der Waals surface area contributed by atoms with Crippen LogP contribution in [0.4, 0.5) is 15.9 Å². The van der Waals surface area contributed by atoms with E-state index in [1.54, 1.807) is 18.0 Å². The summed E-state index contributed by atoms with van der Waals surface area (Å²) in [7, 11) is 3.96. The smallest absolute Gasteiger partial charge is 0.257 e. The lowest BCUT2D eigenvalue weighted by molar-refractivity contribution is -0.106. The molecule has 234 valence electrons. The van der Waals surface area contributed by atoms with Gasteiger partial charge in [-0.2, -0.15) is 0 Å². The molecule has 2 heterocycles. The number of rotatable bonds is 10. The van der Waals surface area contributed by atoms with Gasteiger partial charge in [0.1, 0.15) is 5.82 Å². The molecule has 0 radical (unpaired) electrons. The van der Waals surface area contributed by atoms with Gasteiger partial charge in [0.15, 0.2) is 5.82 Å². The van der Waals surface area contributed by atoms with Crippen LogP contribution in [0.25, 0.3) is 11.1 Å². The maximum Gasteiger partial charge on any atom is 0.257 e. The van der Waals surface area contributed by atoms with Crippen molar-refractivity contribution >= 4 is 23.8 Å². The quantitative estimate of drug-likeness (QED) is 0.241. The number of likely N-dealkylation sites (N-methyl/N-ethyl adjacent to an activating group) is 1. The molecule has 2 aromatic carbocycles. The SMILES string of the molecule is CCCC1CCC(N(C)C(=O)c2cc(F)cnc2N(C=O)c2cccc(-c3ccc(CN4CCCN(C)CC4)cc3)c2)CC1. The van der Waals surface area contributed by atoms with E-state index in [1.165, 1.54) is 35.8 Å². The lowest BCUT2D eigenvalue weighted by Crippen LogP contribution is -2.40. The fourth-order valence-corrected chi connectivity index (χ4v) is 6.75. The minimum absolute atomic E-state index is 0.0865. The van der Waals surface area contributed by atoms with Crippen LogP contribution in [0.15, 0.2) is 60.8 Å². The minimum atomic E-state index is -0.607. The third kappa shape index (κ3) is 7.71. The summed E-state index contributed by atoms with van der Waals surface area (Å²) in [6.07, 6.45) is 9.32. The van der Waals surface area contributed by atoms with Crippen molar-refractivity contribution in [2.24, 2.45) is 5.92 Å². The second-order valence-electron chi connectivity index (χ2n) is 12.6. The van der Waals surface area contributed by atoms with Crippen LogP contribution in [0.5, 0.6) is 0 Å². The van der Waals surface area contributed by atoms with Crippen LogP contribution in [0.1, 0.15) is 67.8 Å². The molecule has 1 aliphatic heterocycles. The molecule has 8 heteroatoms. The highest BCUT2D eigenvalue weighted by molar-refractivity contribution is 6.02. The molecule has 2 amide bonds. The molecule has 2 fully saturated rings. The monoisotopic (exact) mass is 599 g/mol. The normalized spacial score (nSPS) is 19.7. The Balaban J connectivity index is 1.33. The molecule has 1 aliphatic carbocycles. The number of anilines is 2. The van der Waals surface area contributed by atoms with Gasteiger partial charge in [0.2, 0.25) is 6.41 Å². The second-order valence-corrected chi connectivity index (χ2v) is 12.6. The number of amides is 2. The molecule has 7 nitrogen and oxygen atoms in total. The number of hydrogen-bond donors (Lipinski definition) is 0. The Kier molecular flexibility index (Phi) is 10.8. The summed E-state index contributed by atoms with van der Waals surface area (Å²) in [4.78, 5) is 38.5.